The van der Waals surface area contributed by atoms with Crippen molar-refractivity contribution in [2.45, 2.75) is 45.3 Å². The van der Waals surface area contributed by atoms with Gasteiger partial charge in [0.25, 0.3) is 0 Å². The van der Waals surface area contributed by atoms with E-state index in [9.17, 15) is 5.11 Å². The van der Waals surface area contributed by atoms with Crippen LogP contribution in [0, 0.1) is 11.8 Å². The Morgan fingerprint density at radius 3 is 2.92 bits per heavy atom. The SMILES string of the molecule is CCOc1ccc2nccc([C@@H](O)[C@@H]3C[C@H]4CC[NH+]3C[C@@H]4CC)c2c1. The van der Waals surface area contributed by atoms with Crippen LogP contribution in [0.3, 0.4) is 0 Å². The van der Waals surface area contributed by atoms with Gasteiger partial charge in [-0.25, -0.2) is 0 Å². The quantitative estimate of drug-likeness (QED) is 0.878. The molecule has 0 saturated carbocycles. The first-order chi connectivity index (χ1) is 12.2. The Bertz CT molecular complexity index is 748. The van der Waals surface area contributed by atoms with E-state index in [0.717, 1.165) is 40.5 Å². The second-order valence-electron chi connectivity index (χ2n) is 7.63. The standard InChI is InChI=1S/C21H28N2O2/c1-3-14-13-23-10-8-15(14)11-20(23)21(24)17-7-9-22-19-6-5-16(25-4-2)12-18(17)19/h5-7,9,12,14-15,20-21,24H,3-4,8,10-11,13H2,1-2H3/p+1/t14-,15+,20-,21+/m0/s1. The van der Waals surface area contributed by atoms with E-state index in [1.54, 1.807) is 4.90 Å². The fourth-order valence-corrected chi connectivity index (χ4v) is 5.06. The van der Waals surface area contributed by atoms with Crippen molar-refractivity contribution in [1.82, 2.24) is 4.98 Å². The molecular formula is C21H29N2O2+. The van der Waals surface area contributed by atoms with Gasteiger partial charge in [-0.2, -0.15) is 0 Å². The van der Waals surface area contributed by atoms with Crippen molar-refractivity contribution >= 4 is 10.9 Å². The van der Waals surface area contributed by atoms with E-state index >= 15 is 0 Å². The summed E-state index contributed by atoms with van der Waals surface area (Å²) in [4.78, 5) is 6.06. The molecule has 1 aromatic carbocycles. The molecule has 4 nitrogen and oxygen atoms in total. The Morgan fingerprint density at radius 1 is 1.32 bits per heavy atom. The van der Waals surface area contributed by atoms with Gasteiger partial charge in [0.05, 0.1) is 25.2 Å². The predicted molar refractivity (Wildman–Crippen MR) is 98.9 cm³/mol. The molecule has 3 aliphatic heterocycles. The summed E-state index contributed by atoms with van der Waals surface area (Å²) < 4.78 is 5.66. The summed E-state index contributed by atoms with van der Waals surface area (Å²) in [6.45, 7) is 7.36. The number of piperidine rings is 3. The monoisotopic (exact) mass is 341 g/mol. The van der Waals surface area contributed by atoms with Gasteiger partial charge in [-0.3, -0.25) is 4.98 Å². The van der Waals surface area contributed by atoms with E-state index in [1.165, 1.54) is 25.9 Å². The fraction of sp³-hybridized carbons (Fsp3) is 0.571. The number of quaternary nitrogens is 1. The molecule has 25 heavy (non-hydrogen) atoms. The Balaban J connectivity index is 1.66. The number of hydrogen-bond donors (Lipinski definition) is 2. The van der Waals surface area contributed by atoms with Crippen LogP contribution in [-0.4, -0.2) is 35.8 Å². The highest BCUT2D eigenvalue weighted by Gasteiger charge is 2.46. The van der Waals surface area contributed by atoms with Gasteiger partial charge in [0.1, 0.15) is 17.9 Å². The smallest absolute Gasteiger partial charge is 0.131 e. The molecule has 2 N–H and O–H groups in total. The van der Waals surface area contributed by atoms with Crippen LogP contribution in [-0.2, 0) is 0 Å². The Morgan fingerprint density at radius 2 is 2.20 bits per heavy atom. The molecule has 2 bridgehead atoms. The van der Waals surface area contributed by atoms with Gasteiger partial charge < -0.3 is 14.7 Å². The molecule has 134 valence electrons. The van der Waals surface area contributed by atoms with E-state index in [1.807, 2.05) is 37.4 Å². The third-order valence-electron chi connectivity index (χ3n) is 6.39. The summed E-state index contributed by atoms with van der Waals surface area (Å²) in [5.41, 5.74) is 1.93. The number of aliphatic hydroxyl groups is 1. The molecule has 5 atom stereocenters. The lowest BCUT2D eigenvalue weighted by molar-refractivity contribution is -0.950. The highest BCUT2D eigenvalue weighted by molar-refractivity contribution is 5.83. The van der Waals surface area contributed by atoms with E-state index in [0.29, 0.717) is 12.6 Å². The molecule has 0 aliphatic carbocycles. The number of hydrogen-bond acceptors (Lipinski definition) is 3. The summed E-state index contributed by atoms with van der Waals surface area (Å²) >= 11 is 0. The Hall–Kier alpha value is -1.65. The van der Waals surface area contributed by atoms with Crippen molar-refractivity contribution in [1.29, 1.82) is 0 Å². The van der Waals surface area contributed by atoms with Gasteiger partial charge in [0.15, 0.2) is 0 Å². The van der Waals surface area contributed by atoms with Gasteiger partial charge >= 0.3 is 0 Å². The van der Waals surface area contributed by atoms with Crippen molar-refractivity contribution in [2.24, 2.45) is 11.8 Å². The number of pyridine rings is 1. The number of nitrogens with one attached hydrogen (secondary N) is 1. The topological polar surface area (TPSA) is 46.8 Å². The molecule has 3 fully saturated rings. The van der Waals surface area contributed by atoms with Crippen LogP contribution in [0.25, 0.3) is 10.9 Å². The molecule has 1 aromatic heterocycles. The maximum Gasteiger partial charge on any atom is 0.131 e. The average molecular weight is 341 g/mol. The summed E-state index contributed by atoms with van der Waals surface area (Å²) in [6.07, 6.45) is 5.12. The number of benzene rings is 1. The highest BCUT2D eigenvalue weighted by atomic mass is 16.5. The number of ether oxygens (including phenoxy) is 1. The van der Waals surface area contributed by atoms with Crippen molar-refractivity contribution in [3.63, 3.8) is 0 Å². The average Bonchev–Trinajstić information content (AvgIpc) is 2.67. The van der Waals surface area contributed by atoms with Crippen LogP contribution in [0.1, 0.15) is 44.8 Å². The molecule has 5 rings (SSSR count). The number of rotatable bonds is 5. The zero-order valence-electron chi connectivity index (χ0n) is 15.2. The Kier molecular flexibility index (Phi) is 4.65. The first kappa shape index (κ1) is 16.8. The molecule has 0 amide bonds. The predicted octanol–water partition coefficient (Wildman–Crippen LogP) is 2.37. The molecule has 1 unspecified atom stereocenters. The maximum absolute atomic E-state index is 11.3. The van der Waals surface area contributed by atoms with Gasteiger partial charge in [-0.1, -0.05) is 6.92 Å². The van der Waals surface area contributed by atoms with Crippen LogP contribution in [0.5, 0.6) is 5.75 Å². The highest BCUT2D eigenvalue weighted by Crippen LogP contribution is 2.35. The first-order valence-corrected chi connectivity index (χ1v) is 9.75. The second-order valence-corrected chi connectivity index (χ2v) is 7.63. The molecule has 4 heteroatoms. The zero-order valence-corrected chi connectivity index (χ0v) is 15.2. The molecule has 0 radical (unpaired) electrons. The first-order valence-electron chi connectivity index (χ1n) is 9.75. The molecule has 4 heterocycles. The van der Waals surface area contributed by atoms with Gasteiger partial charge in [0, 0.05) is 30.3 Å². The number of aliphatic hydroxyl groups excluding tert-OH is 1. The lowest BCUT2D eigenvalue weighted by Crippen LogP contribution is -3.20. The van der Waals surface area contributed by atoms with Gasteiger partial charge in [0.2, 0.25) is 0 Å². The van der Waals surface area contributed by atoms with Gasteiger partial charge in [-0.05, 0) is 49.1 Å². The van der Waals surface area contributed by atoms with Crippen LogP contribution in [0.15, 0.2) is 30.5 Å². The normalized spacial score (nSPS) is 29.7. The minimum absolute atomic E-state index is 0.308. The summed E-state index contributed by atoms with van der Waals surface area (Å²) in [5, 5.41) is 12.3. The minimum atomic E-state index is -0.432. The van der Waals surface area contributed by atoms with E-state index in [2.05, 4.69) is 11.9 Å². The van der Waals surface area contributed by atoms with Crippen molar-refractivity contribution in [3.8, 4) is 5.75 Å². The van der Waals surface area contributed by atoms with Crippen molar-refractivity contribution in [3.05, 3.63) is 36.0 Å². The summed E-state index contributed by atoms with van der Waals surface area (Å²) in [7, 11) is 0. The summed E-state index contributed by atoms with van der Waals surface area (Å²) in [6, 6.07) is 8.28. The van der Waals surface area contributed by atoms with Crippen LogP contribution >= 0.6 is 0 Å². The summed E-state index contributed by atoms with van der Waals surface area (Å²) in [5.74, 6) is 2.47. The van der Waals surface area contributed by atoms with Crippen LogP contribution in [0.4, 0.5) is 0 Å². The van der Waals surface area contributed by atoms with Crippen molar-refractivity contribution in [2.75, 3.05) is 19.7 Å². The number of nitrogens with zero attached hydrogens (tertiary/aromatic N) is 1. The number of fused-ring (bicyclic) bond motifs is 4. The van der Waals surface area contributed by atoms with E-state index < -0.39 is 6.10 Å². The van der Waals surface area contributed by atoms with Crippen molar-refractivity contribution < 1.29 is 14.7 Å². The molecule has 2 aromatic rings. The van der Waals surface area contributed by atoms with E-state index in [4.69, 9.17) is 4.74 Å². The molecule has 3 aliphatic rings. The zero-order chi connectivity index (χ0) is 17.4. The maximum atomic E-state index is 11.3. The van der Waals surface area contributed by atoms with Crippen LogP contribution < -0.4 is 9.64 Å². The third-order valence-corrected chi connectivity index (χ3v) is 6.39. The largest absolute Gasteiger partial charge is 0.494 e. The fourth-order valence-electron chi connectivity index (χ4n) is 5.06. The minimum Gasteiger partial charge on any atom is -0.494 e. The Labute approximate surface area is 149 Å². The lowest BCUT2D eigenvalue weighted by atomic mass is 9.72. The van der Waals surface area contributed by atoms with E-state index in [-0.39, 0.29) is 0 Å². The molecule has 3 saturated heterocycles. The van der Waals surface area contributed by atoms with Crippen LogP contribution in [0.2, 0.25) is 0 Å². The molecular weight excluding hydrogens is 312 g/mol. The van der Waals surface area contributed by atoms with Gasteiger partial charge in [-0.15, -0.1) is 0 Å². The molecule has 0 spiro atoms. The third kappa shape index (κ3) is 3.02. The lowest BCUT2D eigenvalue weighted by Gasteiger charge is -2.48. The number of aromatic nitrogens is 1. The second kappa shape index (κ2) is 6.93.